The first-order valence-corrected chi connectivity index (χ1v) is 9.77. The molecule has 0 aliphatic carbocycles. The molecule has 1 saturated heterocycles. The van der Waals surface area contributed by atoms with Gasteiger partial charge in [-0.05, 0) is 13.3 Å². The maximum atomic E-state index is 13.8. The lowest BCUT2D eigenvalue weighted by molar-refractivity contribution is 0.0395. The Balaban J connectivity index is 2.32. The highest BCUT2D eigenvalue weighted by Gasteiger charge is 2.54. The Morgan fingerprint density at radius 2 is 1.96 bits per heavy atom. The van der Waals surface area contributed by atoms with Crippen LogP contribution >= 0.6 is 7.14 Å². The first kappa shape index (κ1) is 17.4. The predicted octanol–water partition coefficient (Wildman–Crippen LogP) is 0.761. The van der Waals surface area contributed by atoms with E-state index in [1.807, 2.05) is 0 Å². The van der Waals surface area contributed by atoms with Crippen molar-refractivity contribution in [3.8, 4) is 6.07 Å². The number of benzene rings is 1. The van der Waals surface area contributed by atoms with Crippen LogP contribution in [-0.2, 0) is 11.6 Å². The molecule has 1 aliphatic heterocycles. The van der Waals surface area contributed by atoms with Crippen LogP contribution in [0.15, 0.2) is 46.1 Å². The van der Waals surface area contributed by atoms with Crippen LogP contribution in [0.3, 0.4) is 0 Å². The highest BCUT2D eigenvalue weighted by molar-refractivity contribution is 7.72. The van der Waals surface area contributed by atoms with E-state index in [4.69, 9.17) is 5.26 Å². The molecule has 3 atom stereocenters. The van der Waals surface area contributed by atoms with Crippen molar-refractivity contribution in [1.82, 2.24) is 9.13 Å². The molecule has 8 heteroatoms. The average molecular weight is 359 g/mol. The Hall–Kier alpha value is -2.42. The summed E-state index contributed by atoms with van der Waals surface area (Å²) in [6, 6.07) is 10.5. The van der Waals surface area contributed by atoms with Crippen LogP contribution in [0.25, 0.3) is 0 Å². The summed E-state index contributed by atoms with van der Waals surface area (Å²) in [6.45, 7) is 1.53. The molecule has 1 aliphatic rings. The third-order valence-electron chi connectivity index (χ3n) is 4.79. The van der Waals surface area contributed by atoms with Crippen molar-refractivity contribution < 1.29 is 9.67 Å². The van der Waals surface area contributed by atoms with Crippen LogP contribution in [0.4, 0.5) is 0 Å². The molecule has 7 nitrogen and oxygen atoms in total. The molecular weight excluding hydrogens is 341 g/mol. The largest absolute Gasteiger partial charge is 0.387 e. The molecule has 1 aromatic heterocycles. The van der Waals surface area contributed by atoms with Gasteiger partial charge in [-0.15, -0.1) is 0 Å². The van der Waals surface area contributed by atoms with E-state index in [1.165, 1.54) is 14.0 Å². The van der Waals surface area contributed by atoms with Crippen molar-refractivity contribution in [1.29, 1.82) is 5.26 Å². The number of aliphatic hydroxyl groups is 1. The van der Waals surface area contributed by atoms with Gasteiger partial charge >= 0.3 is 5.69 Å². The van der Waals surface area contributed by atoms with Crippen molar-refractivity contribution in [3.05, 3.63) is 62.9 Å². The molecule has 1 N–H and O–H groups in total. The SMILES string of the molecule is Cn1c(=O)c(C#N)cn([C@H]2[C@](C)(O)CC[P@]2(=O)c2ccccc2)c1=O. The summed E-state index contributed by atoms with van der Waals surface area (Å²) in [7, 11) is -1.92. The summed E-state index contributed by atoms with van der Waals surface area (Å²) in [6.07, 6.45) is 1.61. The molecule has 2 heterocycles. The van der Waals surface area contributed by atoms with Crippen LogP contribution in [0.5, 0.6) is 0 Å². The van der Waals surface area contributed by atoms with Crippen molar-refractivity contribution in [2.24, 2.45) is 7.05 Å². The second kappa shape index (κ2) is 5.83. The quantitative estimate of drug-likeness (QED) is 0.797. The van der Waals surface area contributed by atoms with Gasteiger partial charge in [-0.25, -0.2) is 4.79 Å². The zero-order valence-electron chi connectivity index (χ0n) is 13.9. The minimum absolute atomic E-state index is 0.232. The Bertz CT molecular complexity index is 1030. The Labute approximate surface area is 144 Å². The first-order valence-electron chi connectivity index (χ1n) is 7.81. The fraction of sp³-hybridized carbons (Fsp3) is 0.353. The molecule has 0 radical (unpaired) electrons. The number of nitriles is 1. The summed E-state index contributed by atoms with van der Waals surface area (Å²) in [4.78, 5) is 24.6. The van der Waals surface area contributed by atoms with E-state index in [0.717, 1.165) is 15.3 Å². The molecular formula is C17H18N3O4P. The molecule has 0 spiro atoms. The van der Waals surface area contributed by atoms with Crippen LogP contribution < -0.4 is 16.6 Å². The number of aromatic nitrogens is 2. The minimum Gasteiger partial charge on any atom is -0.387 e. The molecule has 1 aromatic carbocycles. The first-order chi connectivity index (χ1) is 11.7. The minimum atomic E-state index is -3.18. The average Bonchev–Trinajstić information content (AvgIpc) is 2.85. The third-order valence-corrected chi connectivity index (χ3v) is 8.45. The van der Waals surface area contributed by atoms with E-state index in [0.29, 0.717) is 5.30 Å². The van der Waals surface area contributed by atoms with Crippen LogP contribution in [0.1, 0.15) is 24.7 Å². The fourth-order valence-corrected chi connectivity index (χ4v) is 7.33. The van der Waals surface area contributed by atoms with E-state index in [2.05, 4.69) is 0 Å². The third kappa shape index (κ3) is 2.58. The summed E-state index contributed by atoms with van der Waals surface area (Å²) >= 11 is 0. The van der Waals surface area contributed by atoms with E-state index in [9.17, 15) is 19.3 Å². The Morgan fingerprint density at radius 1 is 1.32 bits per heavy atom. The number of hydrogen-bond donors (Lipinski definition) is 1. The predicted molar refractivity (Wildman–Crippen MR) is 93.5 cm³/mol. The van der Waals surface area contributed by atoms with Crippen LogP contribution in [-0.4, -0.2) is 26.0 Å². The van der Waals surface area contributed by atoms with E-state index < -0.39 is 29.8 Å². The van der Waals surface area contributed by atoms with Crippen molar-refractivity contribution in [3.63, 3.8) is 0 Å². The molecule has 3 rings (SSSR count). The lowest BCUT2D eigenvalue weighted by atomic mass is 10.0. The maximum Gasteiger partial charge on any atom is 0.331 e. The van der Waals surface area contributed by atoms with E-state index >= 15 is 0 Å². The zero-order chi connectivity index (χ0) is 18.4. The standard InChI is InChI=1S/C17H18N3O4P/c1-17(23)8-9-25(24,13-6-4-3-5-7-13)15(17)20-11-12(10-18)14(21)19(2)16(20)22/h3-7,11,15,23H,8-9H2,1-2H3/t15-,17-,25+/m1/s1. The Kier molecular flexibility index (Phi) is 4.06. The van der Waals surface area contributed by atoms with Gasteiger partial charge in [0.25, 0.3) is 5.56 Å². The van der Waals surface area contributed by atoms with Gasteiger partial charge in [0.15, 0.2) is 0 Å². The van der Waals surface area contributed by atoms with E-state index in [1.54, 1.807) is 36.4 Å². The van der Waals surface area contributed by atoms with Crippen molar-refractivity contribution >= 4 is 12.4 Å². The molecule has 0 unspecified atom stereocenters. The Morgan fingerprint density at radius 3 is 2.56 bits per heavy atom. The zero-order valence-corrected chi connectivity index (χ0v) is 14.8. The molecule has 2 aromatic rings. The molecule has 1 fully saturated rings. The van der Waals surface area contributed by atoms with Gasteiger partial charge in [-0.2, -0.15) is 5.26 Å². The second-order valence-electron chi connectivity index (χ2n) is 6.54. The number of hydrogen-bond acceptors (Lipinski definition) is 5. The van der Waals surface area contributed by atoms with Gasteiger partial charge in [0, 0.05) is 24.7 Å². The van der Waals surface area contributed by atoms with Crippen LogP contribution in [0, 0.1) is 11.3 Å². The van der Waals surface area contributed by atoms with Gasteiger partial charge in [-0.1, -0.05) is 30.3 Å². The van der Waals surface area contributed by atoms with Crippen LogP contribution in [0.2, 0.25) is 0 Å². The summed E-state index contributed by atoms with van der Waals surface area (Å²) in [5.41, 5.74) is -3.05. The summed E-state index contributed by atoms with van der Waals surface area (Å²) in [5.74, 6) is -1.03. The number of nitrogens with zero attached hydrogens (tertiary/aromatic N) is 3. The lowest BCUT2D eigenvalue weighted by Gasteiger charge is -2.31. The van der Waals surface area contributed by atoms with Crippen molar-refractivity contribution in [2.75, 3.05) is 6.16 Å². The van der Waals surface area contributed by atoms with Gasteiger partial charge in [0.1, 0.15) is 24.6 Å². The maximum absolute atomic E-state index is 13.8. The summed E-state index contributed by atoms with van der Waals surface area (Å²) in [5, 5.41) is 20.6. The highest BCUT2D eigenvalue weighted by Crippen LogP contribution is 2.66. The molecule has 0 amide bonds. The smallest absolute Gasteiger partial charge is 0.331 e. The fourth-order valence-electron chi connectivity index (χ4n) is 3.49. The highest BCUT2D eigenvalue weighted by atomic mass is 31.2. The molecule has 130 valence electrons. The van der Waals surface area contributed by atoms with Crippen molar-refractivity contribution in [2.45, 2.75) is 24.7 Å². The van der Waals surface area contributed by atoms with Gasteiger partial charge in [-0.3, -0.25) is 13.9 Å². The summed E-state index contributed by atoms with van der Waals surface area (Å²) < 4.78 is 15.7. The molecule has 0 bridgehead atoms. The second-order valence-corrected chi connectivity index (χ2v) is 9.59. The molecule has 25 heavy (non-hydrogen) atoms. The monoisotopic (exact) mass is 359 g/mol. The lowest BCUT2D eigenvalue weighted by Crippen LogP contribution is -2.45. The number of rotatable bonds is 2. The van der Waals surface area contributed by atoms with Gasteiger partial charge in [0.2, 0.25) is 0 Å². The van der Waals surface area contributed by atoms with Gasteiger partial charge in [0.05, 0.1) is 5.60 Å². The van der Waals surface area contributed by atoms with E-state index in [-0.39, 0.29) is 18.1 Å². The van der Waals surface area contributed by atoms with Gasteiger partial charge < -0.3 is 9.67 Å². The normalized spacial score (nSPS) is 28.6. The topological polar surface area (TPSA) is 105 Å². The molecule has 0 saturated carbocycles.